The predicted octanol–water partition coefficient (Wildman–Crippen LogP) is 8.25. The quantitative estimate of drug-likeness (QED) is 0.114. The van der Waals surface area contributed by atoms with Crippen molar-refractivity contribution in [3.05, 3.63) is 150 Å². The maximum absolute atomic E-state index is 13.5. The summed E-state index contributed by atoms with van der Waals surface area (Å²) in [4.78, 5) is 24.3. The maximum atomic E-state index is 13.5. The Morgan fingerprint density at radius 3 is 2.22 bits per heavy atom. The van der Waals surface area contributed by atoms with Crippen molar-refractivity contribution in [3.8, 4) is 28.2 Å². The van der Waals surface area contributed by atoms with Crippen molar-refractivity contribution in [1.82, 2.24) is 19.7 Å². The van der Waals surface area contributed by atoms with Crippen LogP contribution in [-0.4, -0.2) is 45.7 Å². The molecule has 0 atom stereocenters. The highest BCUT2D eigenvalue weighted by Gasteiger charge is 2.32. The number of anilines is 1. The number of thiazole rings is 1. The topological polar surface area (TPSA) is 110 Å². The predicted molar refractivity (Wildman–Crippen MR) is 198 cm³/mol. The summed E-state index contributed by atoms with van der Waals surface area (Å²) in [5, 5.41) is 7.41. The summed E-state index contributed by atoms with van der Waals surface area (Å²) in [5.41, 5.74) is 6.16. The Bertz CT molecular complexity index is 2280. The van der Waals surface area contributed by atoms with Crippen LogP contribution in [0, 0.1) is 0 Å². The maximum Gasteiger partial charge on any atom is 0.267 e. The lowest BCUT2D eigenvalue weighted by molar-refractivity contribution is -0.121. The number of nitrogens with one attached hydrogen (secondary N) is 1. The standard InChI is InChI=1S/C37H28N6O3S3/c1-2-22-42-35(44)34(48-37(42)39-29-15-19-31(20-16-29)49(45,46)41-36-38-21-23-47-36)24-26-13-17-30(18-14-26)43-33(28-11-7-4-8-12-28)25-32(40-43)27-9-5-3-6-10-27/h2-21,23-25H,1,22H2,(H,38,41). The van der Waals surface area contributed by atoms with E-state index in [1.165, 1.54) is 41.4 Å². The number of carbonyl (C=O) groups is 1. The third-order valence-electron chi connectivity index (χ3n) is 7.51. The molecule has 2 aromatic heterocycles. The summed E-state index contributed by atoms with van der Waals surface area (Å²) in [6.45, 7) is 4.08. The fourth-order valence-electron chi connectivity index (χ4n) is 5.15. The molecule has 6 aromatic rings. The molecule has 12 heteroatoms. The van der Waals surface area contributed by atoms with Gasteiger partial charge in [-0.2, -0.15) is 5.10 Å². The molecular weight excluding hydrogens is 673 g/mol. The van der Waals surface area contributed by atoms with Crippen LogP contribution in [-0.2, 0) is 14.8 Å². The Hall–Kier alpha value is -5.56. The highest BCUT2D eigenvalue weighted by Crippen LogP contribution is 2.35. The molecular formula is C37H28N6O3S3. The van der Waals surface area contributed by atoms with E-state index < -0.39 is 10.0 Å². The van der Waals surface area contributed by atoms with Gasteiger partial charge in [-0.15, -0.1) is 17.9 Å². The summed E-state index contributed by atoms with van der Waals surface area (Å²) >= 11 is 2.45. The number of thioether (sulfide) groups is 1. The van der Waals surface area contributed by atoms with Crippen LogP contribution in [0.4, 0.5) is 10.8 Å². The van der Waals surface area contributed by atoms with E-state index in [0.29, 0.717) is 15.8 Å². The van der Waals surface area contributed by atoms with Crippen LogP contribution in [0.25, 0.3) is 34.3 Å². The number of amidine groups is 1. The smallest absolute Gasteiger partial charge is 0.267 e. The second-order valence-electron chi connectivity index (χ2n) is 10.8. The van der Waals surface area contributed by atoms with E-state index >= 15 is 0 Å². The molecule has 242 valence electrons. The van der Waals surface area contributed by atoms with Crippen molar-refractivity contribution in [2.45, 2.75) is 4.90 Å². The summed E-state index contributed by atoms with van der Waals surface area (Å²) in [7, 11) is -3.80. The van der Waals surface area contributed by atoms with Crippen molar-refractivity contribution in [1.29, 1.82) is 0 Å². The number of rotatable bonds is 10. The van der Waals surface area contributed by atoms with Gasteiger partial charge < -0.3 is 0 Å². The first-order chi connectivity index (χ1) is 23.9. The summed E-state index contributed by atoms with van der Waals surface area (Å²) < 4.78 is 29.9. The zero-order valence-electron chi connectivity index (χ0n) is 25.9. The molecule has 1 saturated heterocycles. The number of amides is 1. The van der Waals surface area contributed by atoms with E-state index in [1.807, 2.05) is 83.6 Å². The number of hydrogen-bond donors (Lipinski definition) is 1. The van der Waals surface area contributed by atoms with Gasteiger partial charge >= 0.3 is 0 Å². The zero-order chi connectivity index (χ0) is 33.8. The van der Waals surface area contributed by atoms with E-state index in [1.54, 1.807) is 28.5 Å². The highest BCUT2D eigenvalue weighted by molar-refractivity contribution is 8.18. The van der Waals surface area contributed by atoms with Gasteiger partial charge in [0.05, 0.1) is 32.6 Å². The summed E-state index contributed by atoms with van der Waals surface area (Å²) in [5.74, 6) is -0.189. The number of nitrogens with zero attached hydrogens (tertiary/aromatic N) is 5. The zero-order valence-corrected chi connectivity index (χ0v) is 28.3. The number of aromatic nitrogens is 3. The number of sulfonamides is 1. The first-order valence-corrected chi connectivity index (χ1v) is 18.3. The van der Waals surface area contributed by atoms with E-state index in [9.17, 15) is 13.2 Å². The van der Waals surface area contributed by atoms with Gasteiger partial charge in [0.15, 0.2) is 10.3 Å². The molecule has 0 spiro atoms. The van der Waals surface area contributed by atoms with Gasteiger partial charge in [-0.05, 0) is 65.9 Å². The average Bonchev–Trinajstić information content (AvgIpc) is 3.87. The molecule has 1 aliphatic rings. The SMILES string of the molecule is C=CCN1C(=O)C(=Cc2ccc(-n3nc(-c4ccccc4)cc3-c3ccccc3)cc2)SC1=Nc1ccc(S(=O)(=O)Nc2nccs2)cc1. The Morgan fingerprint density at radius 1 is 0.878 bits per heavy atom. The largest absolute Gasteiger partial charge is 0.283 e. The lowest BCUT2D eigenvalue weighted by atomic mass is 10.1. The van der Waals surface area contributed by atoms with Crippen LogP contribution in [0.2, 0.25) is 0 Å². The first kappa shape index (κ1) is 32.0. The van der Waals surface area contributed by atoms with E-state index in [0.717, 1.165) is 33.8 Å². The molecule has 4 aromatic carbocycles. The van der Waals surface area contributed by atoms with E-state index in [2.05, 4.69) is 39.5 Å². The molecule has 0 aliphatic carbocycles. The molecule has 0 saturated carbocycles. The van der Waals surface area contributed by atoms with Crippen molar-refractivity contribution >= 4 is 61.1 Å². The molecule has 1 fully saturated rings. The van der Waals surface area contributed by atoms with Crippen LogP contribution in [0.5, 0.6) is 0 Å². The average molecular weight is 701 g/mol. The van der Waals surface area contributed by atoms with E-state index in [-0.39, 0.29) is 22.5 Å². The van der Waals surface area contributed by atoms with Crippen molar-refractivity contribution in [3.63, 3.8) is 0 Å². The number of hydrogen-bond acceptors (Lipinski definition) is 8. The highest BCUT2D eigenvalue weighted by atomic mass is 32.2. The lowest BCUT2D eigenvalue weighted by Gasteiger charge is -2.12. The molecule has 3 heterocycles. The minimum absolute atomic E-state index is 0.0797. The second-order valence-corrected chi connectivity index (χ2v) is 14.4. The molecule has 49 heavy (non-hydrogen) atoms. The van der Waals surface area contributed by atoms with Gasteiger partial charge in [0.25, 0.3) is 15.9 Å². The summed E-state index contributed by atoms with van der Waals surface area (Å²) in [6.07, 6.45) is 5.01. The molecule has 1 N–H and O–H groups in total. The molecule has 1 aliphatic heterocycles. The van der Waals surface area contributed by atoms with Gasteiger partial charge in [-0.25, -0.2) is 23.1 Å². The molecule has 7 rings (SSSR count). The van der Waals surface area contributed by atoms with Crippen LogP contribution in [0.15, 0.2) is 154 Å². The van der Waals surface area contributed by atoms with Crippen LogP contribution >= 0.6 is 23.1 Å². The number of benzene rings is 4. The molecule has 1 amide bonds. The third-order valence-corrected chi connectivity index (χ3v) is 10.7. The molecule has 0 radical (unpaired) electrons. The minimum Gasteiger partial charge on any atom is -0.283 e. The molecule has 0 bridgehead atoms. The normalized spacial score (nSPS) is 14.9. The van der Waals surface area contributed by atoms with Gasteiger partial charge in [0.2, 0.25) is 0 Å². The van der Waals surface area contributed by atoms with Gasteiger partial charge in [0.1, 0.15) is 0 Å². The third kappa shape index (κ3) is 7.02. The van der Waals surface area contributed by atoms with Crippen molar-refractivity contribution < 1.29 is 13.2 Å². The van der Waals surface area contributed by atoms with Crippen LogP contribution < -0.4 is 4.72 Å². The Labute approximate surface area is 292 Å². The van der Waals surface area contributed by atoms with E-state index in [4.69, 9.17) is 5.10 Å². The van der Waals surface area contributed by atoms with Crippen LogP contribution in [0.1, 0.15) is 5.56 Å². The van der Waals surface area contributed by atoms with Crippen molar-refractivity contribution in [2.24, 2.45) is 4.99 Å². The Kier molecular flexibility index (Phi) is 9.07. The lowest BCUT2D eigenvalue weighted by Crippen LogP contribution is -2.29. The van der Waals surface area contributed by atoms with Crippen molar-refractivity contribution in [2.75, 3.05) is 11.3 Å². The van der Waals surface area contributed by atoms with Gasteiger partial charge in [-0.3, -0.25) is 14.4 Å². The number of aliphatic imine (C=N–C) groups is 1. The fourth-order valence-corrected chi connectivity index (χ4v) is 7.94. The number of carbonyl (C=O) groups excluding carboxylic acids is 1. The van der Waals surface area contributed by atoms with Gasteiger partial charge in [-0.1, -0.05) is 78.9 Å². The molecule has 9 nitrogen and oxygen atoms in total. The van der Waals surface area contributed by atoms with Crippen LogP contribution in [0.3, 0.4) is 0 Å². The molecule has 0 unspecified atom stereocenters. The first-order valence-electron chi connectivity index (χ1n) is 15.1. The Balaban J connectivity index is 1.14. The minimum atomic E-state index is -3.80. The van der Waals surface area contributed by atoms with Gasteiger partial charge in [0, 0.05) is 29.2 Å². The second kappa shape index (κ2) is 13.9. The fraction of sp³-hybridized carbons (Fsp3) is 0.0270. The summed E-state index contributed by atoms with van der Waals surface area (Å²) in [6, 6.07) is 36.3. The monoisotopic (exact) mass is 700 g/mol. The Morgan fingerprint density at radius 2 is 1.57 bits per heavy atom.